The van der Waals surface area contributed by atoms with Crippen LogP contribution < -0.4 is 9.64 Å². The van der Waals surface area contributed by atoms with Gasteiger partial charge in [-0.15, -0.1) is 0 Å². The smallest absolute Gasteiger partial charge is 0.120 e. The number of hydrogen-bond acceptors (Lipinski definition) is 3. The van der Waals surface area contributed by atoms with Crippen molar-refractivity contribution in [2.45, 2.75) is 0 Å². The van der Waals surface area contributed by atoms with Gasteiger partial charge in [0.1, 0.15) is 12.4 Å². The fraction of sp³-hybridized carbons (Fsp3) is 0.273. The lowest BCUT2D eigenvalue weighted by molar-refractivity contribution is 0.200. The molecular weight excluding hydrogens is 379 g/mol. The lowest BCUT2D eigenvalue weighted by Crippen LogP contribution is -2.47. The Morgan fingerprint density at radius 2 is 1.59 bits per heavy atom. The number of piperazine rings is 1. The molecule has 0 amide bonds. The Hall–Kier alpha value is -1.94. The average Bonchev–Trinajstić information content (AvgIpc) is 2.71. The molecule has 140 valence electrons. The molecule has 5 heteroatoms. The predicted molar refractivity (Wildman–Crippen MR) is 115 cm³/mol. The van der Waals surface area contributed by atoms with Crippen LogP contribution in [-0.4, -0.2) is 44.2 Å². The lowest BCUT2D eigenvalue weighted by Gasteiger charge is -2.36. The molecule has 3 nitrogen and oxygen atoms in total. The molecule has 0 saturated carbocycles. The lowest BCUT2D eigenvalue weighted by atomic mass is 10.1. The summed E-state index contributed by atoms with van der Waals surface area (Å²) in [5.41, 5.74) is 1.02. The Morgan fingerprint density at radius 3 is 2.41 bits per heavy atom. The van der Waals surface area contributed by atoms with Crippen LogP contribution >= 0.6 is 23.2 Å². The summed E-state index contributed by atoms with van der Waals surface area (Å²) >= 11 is 12.5. The normalized spacial score (nSPS) is 15.3. The van der Waals surface area contributed by atoms with Crippen molar-refractivity contribution < 1.29 is 4.74 Å². The van der Waals surface area contributed by atoms with Crippen molar-refractivity contribution in [3.63, 3.8) is 0 Å². The van der Waals surface area contributed by atoms with Gasteiger partial charge in [-0.2, -0.15) is 0 Å². The quantitative estimate of drug-likeness (QED) is 0.574. The highest BCUT2D eigenvalue weighted by Crippen LogP contribution is 2.32. The molecule has 0 unspecified atom stereocenters. The molecule has 0 bridgehead atoms. The van der Waals surface area contributed by atoms with Gasteiger partial charge in [0, 0.05) is 32.7 Å². The summed E-state index contributed by atoms with van der Waals surface area (Å²) in [6.45, 7) is 5.47. The van der Waals surface area contributed by atoms with E-state index in [9.17, 15) is 0 Å². The van der Waals surface area contributed by atoms with Crippen molar-refractivity contribution >= 4 is 39.7 Å². The van der Waals surface area contributed by atoms with Gasteiger partial charge in [-0.25, -0.2) is 0 Å². The summed E-state index contributed by atoms with van der Waals surface area (Å²) in [5, 5.41) is 3.70. The number of halogens is 2. The third kappa shape index (κ3) is 4.32. The first-order valence-electron chi connectivity index (χ1n) is 9.23. The van der Waals surface area contributed by atoms with Crippen molar-refractivity contribution in [3.8, 4) is 5.75 Å². The molecule has 0 atom stereocenters. The highest BCUT2D eigenvalue weighted by atomic mass is 35.5. The predicted octanol–water partition coefficient (Wildman–Crippen LogP) is 5.35. The number of nitrogens with zero attached hydrogens (tertiary/aromatic N) is 2. The minimum absolute atomic E-state index is 0.611. The van der Waals surface area contributed by atoms with Gasteiger partial charge < -0.3 is 9.64 Å². The number of ether oxygens (including phenoxy) is 1. The van der Waals surface area contributed by atoms with E-state index in [2.05, 4.69) is 46.2 Å². The third-order valence-electron chi connectivity index (χ3n) is 5.04. The van der Waals surface area contributed by atoms with Crippen LogP contribution in [0.4, 0.5) is 5.69 Å². The summed E-state index contributed by atoms with van der Waals surface area (Å²) in [5.74, 6) is 0.929. The fourth-order valence-electron chi connectivity index (χ4n) is 3.50. The van der Waals surface area contributed by atoms with Gasteiger partial charge in [-0.3, -0.25) is 4.90 Å². The minimum Gasteiger partial charge on any atom is -0.492 e. The Labute approximate surface area is 170 Å². The van der Waals surface area contributed by atoms with E-state index >= 15 is 0 Å². The molecule has 1 aliphatic rings. The molecule has 0 spiro atoms. The monoisotopic (exact) mass is 400 g/mol. The van der Waals surface area contributed by atoms with E-state index < -0.39 is 0 Å². The molecule has 4 rings (SSSR count). The number of rotatable bonds is 5. The van der Waals surface area contributed by atoms with Gasteiger partial charge in [0.15, 0.2) is 0 Å². The second kappa shape index (κ2) is 8.39. The van der Waals surface area contributed by atoms with Crippen molar-refractivity contribution in [3.05, 3.63) is 70.7 Å². The third-order valence-corrected chi connectivity index (χ3v) is 5.85. The molecule has 3 aromatic rings. The maximum atomic E-state index is 6.35. The topological polar surface area (TPSA) is 15.7 Å². The van der Waals surface area contributed by atoms with Crippen molar-refractivity contribution in [2.75, 3.05) is 44.2 Å². The molecule has 1 fully saturated rings. The molecule has 3 aromatic carbocycles. The largest absolute Gasteiger partial charge is 0.492 e. The Bertz CT molecular complexity index is 923. The van der Waals surface area contributed by atoms with Crippen molar-refractivity contribution in [2.24, 2.45) is 0 Å². The second-order valence-corrected chi connectivity index (χ2v) is 7.54. The molecule has 0 N–H and O–H groups in total. The van der Waals surface area contributed by atoms with E-state index in [1.165, 1.54) is 10.8 Å². The van der Waals surface area contributed by atoms with Crippen molar-refractivity contribution in [1.29, 1.82) is 0 Å². The van der Waals surface area contributed by atoms with Crippen LogP contribution in [0.2, 0.25) is 10.0 Å². The van der Waals surface area contributed by atoms with Gasteiger partial charge in [0.2, 0.25) is 0 Å². The van der Waals surface area contributed by atoms with E-state index in [4.69, 9.17) is 27.9 Å². The molecule has 1 heterocycles. The van der Waals surface area contributed by atoms with Crippen LogP contribution in [-0.2, 0) is 0 Å². The highest BCUT2D eigenvalue weighted by molar-refractivity contribution is 6.43. The first kappa shape index (κ1) is 18.4. The fourth-order valence-corrected chi connectivity index (χ4v) is 3.91. The molecular formula is C22H22Cl2N2O. The van der Waals surface area contributed by atoms with E-state index in [0.29, 0.717) is 16.7 Å². The number of anilines is 1. The molecule has 0 radical (unpaired) electrons. The van der Waals surface area contributed by atoms with E-state index in [-0.39, 0.29) is 0 Å². The highest BCUT2D eigenvalue weighted by Gasteiger charge is 2.19. The van der Waals surface area contributed by atoms with E-state index in [0.717, 1.165) is 44.2 Å². The Kier molecular flexibility index (Phi) is 5.72. The Balaban J connectivity index is 1.27. The maximum Gasteiger partial charge on any atom is 0.120 e. The Morgan fingerprint density at radius 1 is 0.815 bits per heavy atom. The van der Waals surface area contributed by atoms with Gasteiger partial charge in [-0.1, -0.05) is 59.6 Å². The van der Waals surface area contributed by atoms with Crippen LogP contribution in [0, 0.1) is 0 Å². The molecule has 27 heavy (non-hydrogen) atoms. The first-order chi connectivity index (χ1) is 13.2. The average molecular weight is 401 g/mol. The zero-order valence-electron chi connectivity index (χ0n) is 15.1. The standard InChI is InChI=1S/C22H22Cl2N2O/c23-20-6-3-7-21(22(20)24)26-12-10-25(11-13-26)14-15-27-19-9-8-17-4-1-2-5-18(17)16-19/h1-9,16H,10-15H2. The van der Waals surface area contributed by atoms with Gasteiger partial charge in [0.05, 0.1) is 15.7 Å². The van der Waals surface area contributed by atoms with Gasteiger partial charge in [0.25, 0.3) is 0 Å². The number of hydrogen-bond donors (Lipinski definition) is 0. The van der Waals surface area contributed by atoms with Crippen LogP contribution in [0.25, 0.3) is 10.8 Å². The summed E-state index contributed by atoms with van der Waals surface area (Å²) in [7, 11) is 0. The maximum absolute atomic E-state index is 6.35. The summed E-state index contributed by atoms with van der Waals surface area (Å²) in [6.07, 6.45) is 0. The van der Waals surface area contributed by atoms with Crippen LogP contribution in [0.15, 0.2) is 60.7 Å². The zero-order valence-corrected chi connectivity index (χ0v) is 16.6. The number of benzene rings is 3. The minimum atomic E-state index is 0.611. The first-order valence-corrected chi connectivity index (χ1v) is 9.99. The molecule has 1 saturated heterocycles. The van der Waals surface area contributed by atoms with Crippen LogP contribution in [0.3, 0.4) is 0 Å². The second-order valence-electron chi connectivity index (χ2n) is 6.76. The zero-order chi connectivity index (χ0) is 18.6. The molecule has 1 aliphatic heterocycles. The molecule has 0 aliphatic carbocycles. The molecule has 0 aromatic heterocycles. The van der Waals surface area contributed by atoms with Crippen LogP contribution in [0.1, 0.15) is 0 Å². The SMILES string of the molecule is Clc1cccc(N2CCN(CCOc3ccc4ccccc4c3)CC2)c1Cl. The van der Waals surface area contributed by atoms with Gasteiger partial charge in [-0.05, 0) is 35.0 Å². The van der Waals surface area contributed by atoms with Crippen LogP contribution in [0.5, 0.6) is 5.75 Å². The van der Waals surface area contributed by atoms with Gasteiger partial charge >= 0.3 is 0 Å². The summed E-state index contributed by atoms with van der Waals surface area (Å²) in [6, 6.07) is 20.4. The van der Waals surface area contributed by atoms with E-state index in [1.807, 2.05) is 24.3 Å². The number of fused-ring (bicyclic) bond motifs is 1. The van der Waals surface area contributed by atoms with Crippen molar-refractivity contribution in [1.82, 2.24) is 4.90 Å². The summed E-state index contributed by atoms with van der Waals surface area (Å²) in [4.78, 5) is 4.73. The summed E-state index contributed by atoms with van der Waals surface area (Å²) < 4.78 is 5.97. The van der Waals surface area contributed by atoms with E-state index in [1.54, 1.807) is 0 Å².